The molecule has 0 spiro atoms. The number of aliphatic carboxylic acids is 1. The fraction of sp³-hybridized carbons (Fsp3) is 0.355. The van der Waals surface area contributed by atoms with Crippen LogP contribution in [0.2, 0.25) is 0 Å². The predicted molar refractivity (Wildman–Crippen MR) is 144 cm³/mol. The second-order valence-corrected chi connectivity index (χ2v) is 10.2. The third-order valence-corrected chi connectivity index (χ3v) is 7.70. The summed E-state index contributed by atoms with van der Waals surface area (Å²) in [6.45, 7) is 4.09. The fourth-order valence-electron chi connectivity index (χ4n) is 5.47. The van der Waals surface area contributed by atoms with Crippen LogP contribution in [0.15, 0.2) is 78.9 Å². The molecular weight excluding hydrogens is 505 g/mol. The normalized spacial score (nSPS) is 16.4. The second kappa shape index (κ2) is 12.0. The lowest BCUT2D eigenvalue weighted by Crippen LogP contribution is -2.49. The van der Waals surface area contributed by atoms with Crippen LogP contribution in [0.1, 0.15) is 54.1 Å². The highest BCUT2D eigenvalue weighted by atomic mass is 19.4. The molecule has 1 unspecified atom stereocenters. The van der Waals surface area contributed by atoms with Gasteiger partial charge in [0.05, 0.1) is 12.0 Å². The number of carboxylic acid groups (broad SMARTS) is 1. The highest BCUT2D eigenvalue weighted by Crippen LogP contribution is 2.34. The molecule has 0 bridgehead atoms. The predicted octanol–water partition coefficient (Wildman–Crippen LogP) is 6.39. The average Bonchev–Trinajstić information content (AvgIpc) is 2.93. The molecule has 1 aliphatic rings. The zero-order chi connectivity index (χ0) is 28.0. The minimum atomic E-state index is -4.42. The van der Waals surface area contributed by atoms with Gasteiger partial charge in [0, 0.05) is 36.7 Å². The number of amides is 1. The van der Waals surface area contributed by atoms with Crippen molar-refractivity contribution in [3.05, 3.63) is 95.6 Å². The summed E-state index contributed by atoms with van der Waals surface area (Å²) in [4.78, 5) is 27.3. The number of nitrogens with zero attached hydrogens (tertiary/aromatic N) is 1. The van der Waals surface area contributed by atoms with Gasteiger partial charge >= 0.3 is 12.1 Å². The van der Waals surface area contributed by atoms with Gasteiger partial charge in [-0.15, -0.1) is 0 Å². The third kappa shape index (κ3) is 6.87. The molecule has 5 nitrogen and oxygen atoms in total. The van der Waals surface area contributed by atoms with Crippen molar-refractivity contribution < 1.29 is 27.9 Å². The minimum Gasteiger partial charge on any atom is -0.481 e. The lowest BCUT2D eigenvalue weighted by Gasteiger charge is -2.40. The smallest absolute Gasteiger partial charge is 0.416 e. The Hall–Kier alpha value is -3.65. The van der Waals surface area contributed by atoms with Crippen LogP contribution in [-0.4, -0.2) is 47.6 Å². The quantitative estimate of drug-likeness (QED) is 0.331. The number of halogens is 3. The SMILES string of the molecule is CCC(CC(=O)O)(CN1CCC(NC(=O)c2ccccc2-c2ccc(C(F)(F)F)cc2)CC1)c1ccccc1. The maximum absolute atomic E-state index is 13.2. The van der Waals surface area contributed by atoms with Gasteiger partial charge in [-0.05, 0) is 54.2 Å². The highest BCUT2D eigenvalue weighted by molar-refractivity contribution is 6.01. The van der Waals surface area contributed by atoms with E-state index in [0.29, 0.717) is 29.7 Å². The van der Waals surface area contributed by atoms with Crippen LogP contribution in [0.3, 0.4) is 0 Å². The van der Waals surface area contributed by atoms with Crippen LogP contribution in [-0.2, 0) is 16.4 Å². The van der Waals surface area contributed by atoms with Crippen molar-refractivity contribution in [3.63, 3.8) is 0 Å². The lowest BCUT2D eigenvalue weighted by atomic mass is 9.74. The number of hydrogen-bond donors (Lipinski definition) is 2. The Labute approximate surface area is 226 Å². The van der Waals surface area contributed by atoms with Crippen molar-refractivity contribution in [2.24, 2.45) is 0 Å². The van der Waals surface area contributed by atoms with E-state index in [2.05, 4.69) is 10.2 Å². The second-order valence-electron chi connectivity index (χ2n) is 10.2. The molecule has 0 radical (unpaired) electrons. The van der Waals surface area contributed by atoms with E-state index >= 15 is 0 Å². The molecule has 1 heterocycles. The van der Waals surface area contributed by atoms with Crippen molar-refractivity contribution in [2.45, 2.75) is 50.2 Å². The van der Waals surface area contributed by atoms with Crippen molar-refractivity contribution in [1.29, 1.82) is 0 Å². The first-order valence-corrected chi connectivity index (χ1v) is 13.2. The molecule has 3 aromatic carbocycles. The van der Waals surface area contributed by atoms with E-state index in [1.165, 1.54) is 12.1 Å². The number of carbonyl (C=O) groups is 2. The summed E-state index contributed by atoms with van der Waals surface area (Å²) in [7, 11) is 0. The topological polar surface area (TPSA) is 69.6 Å². The number of rotatable bonds is 9. The Morgan fingerprint density at radius 3 is 2.10 bits per heavy atom. The van der Waals surface area contributed by atoms with E-state index in [9.17, 15) is 27.9 Å². The highest BCUT2D eigenvalue weighted by Gasteiger charge is 2.36. The molecule has 39 heavy (non-hydrogen) atoms. The summed E-state index contributed by atoms with van der Waals surface area (Å²) in [5.41, 5.74) is 1.32. The molecular formula is C31H33F3N2O3. The van der Waals surface area contributed by atoms with Crippen molar-refractivity contribution >= 4 is 11.9 Å². The van der Waals surface area contributed by atoms with Gasteiger partial charge in [0.15, 0.2) is 0 Å². The molecule has 8 heteroatoms. The van der Waals surface area contributed by atoms with Crippen LogP contribution in [0.4, 0.5) is 13.2 Å². The number of piperidine rings is 1. The zero-order valence-electron chi connectivity index (χ0n) is 21.9. The Bertz CT molecular complexity index is 1270. The molecule has 1 amide bonds. The van der Waals surface area contributed by atoms with Crippen LogP contribution in [0.25, 0.3) is 11.1 Å². The van der Waals surface area contributed by atoms with E-state index in [0.717, 1.165) is 43.6 Å². The number of likely N-dealkylation sites (tertiary alicyclic amines) is 1. The molecule has 0 aliphatic carbocycles. The van der Waals surface area contributed by atoms with Gasteiger partial charge in [0.25, 0.3) is 5.91 Å². The number of benzene rings is 3. The first-order valence-electron chi connectivity index (χ1n) is 13.2. The average molecular weight is 539 g/mol. The molecule has 2 N–H and O–H groups in total. The summed E-state index contributed by atoms with van der Waals surface area (Å²) in [5.74, 6) is -1.09. The molecule has 3 aromatic rings. The molecule has 0 saturated carbocycles. The number of carbonyl (C=O) groups excluding carboxylic acids is 1. The Morgan fingerprint density at radius 1 is 0.897 bits per heavy atom. The zero-order valence-corrected chi connectivity index (χ0v) is 21.9. The summed E-state index contributed by atoms with van der Waals surface area (Å²) >= 11 is 0. The van der Waals surface area contributed by atoms with Crippen LogP contribution in [0.5, 0.6) is 0 Å². The Balaban J connectivity index is 1.41. The summed E-state index contributed by atoms with van der Waals surface area (Å²) in [6.07, 6.45) is -2.24. The fourth-order valence-corrected chi connectivity index (χ4v) is 5.47. The molecule has 4 rings (SSSR count). The monoisotopic (exact) mass is 538 g/mol. The third-order valence-electron chi connectivity index (χ3n) is 7.70. The van der Waals surface area contributed by atoms with Crippen molar-refractivity contribution in [2.75, 3.05) is 19.6 Å². The van der Waals surface area contributed by atoms with Gasteiger partial charge in [-0.1, -0.05) is 67.6 Å². The summed E-state index contributed by atoms with van der Waals surface area (Å²) in [5, 5.41) is 12.8. The standard InChI is InChI=1S/C31H33F3N2O3/c1-2-30(20-28(37)38,23-8-4-3-5-9-23)21-36-18-16-25(17-19-36)35-29(39)27-11-7-6-10-26(27)22-12-14-24(15-13-22)31(32,33)34/h3-15,25H,2,16-21H2,1H3,(H,35,39)(H,37,38). The molecule has 1 fully saturated rings. The number of carboxylic acids is 1. The maximum atomic E-state index is 13.2. The molecule has 1 atom stereocenters. The molecule has 1 aliphatic heterocycles. The van der Waals surface area contributed by atoms with E-state index in [1.807, 2.05) is 37.3 Å². The molecule has 206 valence electrons. The largest absolute Gasteiger partial charge is 0.481 e. The minimum absolute atomic E-state index is 0.0465. The van der Waals surface area contributed by atoms with E-state index in [1.54, 1.807) is 24.3 Å². The van der Waals surface area contributed by atoms with Gasteiger partial charge in [-0.25, -0.2) is 0 Å². The van der Waals surface area contributed by atoms with Crippen molar-refractivity contribution in [3.8, 4) is 11.1 Å². The van der Waals surface area contributed by atoms with Crippen LogP contribution in [0, 0.1) is 0 Å². The van der Waals surface area contributed by atoms with E-state index in [-0.39, 0.29) is 18.4 Å². The Kier molecular flexibility index (Phi) is 8.75. The van der Waals surface area contributed by atoms with Crippen LogP contribution >= 0.6 is 0 Å². The van der Waals surface area contributed by atoms with Gasteiger partial charge in [-0.3, -0.25) is 9.59 Å². The van der Waals surface area contributed by atoms with E-state index in [4.69, 9.17) is 0 Å². The lowest BCUT2D eigenvalue weighted by molar-refractivity contribution is -0.139. The maximum Gasteiger partial charge on any atom is 0.416 e. The van der Waals surface area contributed by atoms with Gasteiger partial charge in [-0.2, -0.15) is 13.2 Å². The van der Waals surface area contributed by atoms with Gasteiger partial charge in [0.2, 0.25) is 0 Å². The number of alkyl halides is 3. The van der Waals surface area contributed by atoms with Gasteiger partial charge in [0.1, 0.15) is 0 Å². The van der Waals surface area contributed by atoms with Gasteiger partial charge < -0.3 is 15.3 Å². The number of hydrogen-bond acceptors (Lipinski definition) is 3. The van der Waals surface area contributed by atoms with Crippen molar-refractivity contribution in [1.82, 2.24) is 10.2 Å². The first-order chi connectivity index (χ1) is 18.6. The van der Waals surface area contributed by atoms with E-state index < -0.39 is 23.1 Å². The Morgan fingerprint density at radius 2 is 1.51 bits per heavy atom. The molecule has 0 aromatic heterocycles. The molecule has 1 saturated heterocycles. The van der Waals surface area contributed by atoms with Crippen LogP contribution < -0.4 is 5.32 Å². The summed E-state index contributed by atoms with van der Waals surface area (Å²) < 4.78 is 38.9. The first kappa shape index (κ1) is 28.4. The number of nitrogens with one attached hydrogen (secondary N) is 1. The summed E-state index contributed by atoms with van der Waals surface area (Å²) in [6, 6.07) is 21.5.